The number of anilines is 1. The highest BCUT2D eigenvalue weighted by Crippen LogP contribution is 2.17. The van der Waals surface area contributed by atoms with Crippen LogP contribution >= 0.6 is 0 Å². The summed E-state index contributed by atoms with van der Waals surface area (Å²) in [5, 5.41) is 3.46. The van der Waals surface area contributed by atoms with E-state index in [0.29, 0.717) is 6.04 Å². The molecule has 2 heterocycles. The number of piperidine rings is 1. The van der Waals surface area contributed by atoms with Crippen molar-refractivity contribution in [3.63, 3.8) is 0 Å². The Morgan fingerprint density at radius 1 is 1.50 bits per heavy atom. The van der Waals surface area contributed by atoms with E-state index >= 15 is 0 Å². The highest BCUT2D eigenvalue weighted by Gasteiger charge is 2.21. The van der Waals surface area contributed by atoms with Crippen molar-refractivity contribution < 1.29 is 0 Å². The number of H-pyrrole nitrogens is 1. The summed E-state index contributed by atoms with van der Waals surface area (Å²) in [4.78, 5) is 10.3. The van der Waals surface area contributed by atoms with Crippen molar-refractivity contribution in [3.05, 3.63) is 11.9 Å². The molecule has 0 radical (unpaired) electrons. The molecular weight excluding hydrogens is 200 g/mol. The molecule has 0 aliphatic carbocycles. The summed E-state index contributed by atoms with van der Waals surface area (Å²) < 4.78 is 0. The Hall–Kier alpha value is -1.03. The van der Waals surface area contributed by atoms with Gasteiger partial charge >= 0.3 is 0 Å². The van der Waals surface area contributed by atoms with Gasteiger partial charge in [-0.3, -0.25) is 0 Å². The van der Waals surface area contributed by atoms with Crippen molar-refractivity contribution in [2.45, 2.75) is 39.2 Å². The van der Waals surface area contributed by atoms with Gasteiger partial charge in [-0.05, 0) is 32.7 Å². The predicted molar refractivity (Wildman–Crippen MR) is 66.9 cm³/mol. The lowest BCUT2D eigenvalue weighted by Crippen LogP contribution is -2.46. The van der Waals surface area contributed by atoms with Crippen LogP contribution in [-0.4, -0.2) is 35.6 Å². The Kier molecular flexibility index (Phi) is 3.83. The van der Waals surface area contributed by atoms with Gasteiger partial charge in [-0.25, -0.2) is 4.98 Å². The molecule has 90 valence electrons. The van der Waals surface area contributed by atoms with Crippen LogP contribution in [0.15, 0.2) is 6.20 Å². The molecular formula is C12H22N4. The molecule has 1 aliphatic heterocycles. The molecule has 1 unspecified atom stereocenters. The second-order valence-corrected chi connectivity index (χ2v) is 4.37. The summed E-state index contributed by atoms with van der Waals surface area (Å²) in [6.07, 6.45) is 5.51. The monoisotopic (exact) mass is 222 g/mol. The maximum Gasteiger partial charge on any atom is 0.203 e. The van der Waals surface area contributed by atoms with Gasteiger partial charge in [0.25, 0.3) is 0 Å². The standard InChI is InChI=1S/C12H22N4/c1-3-10-8-14-12(15-10)16(4-2)11-6-5-7-13-9-11/h8,11,13H,3-7,9H2,1-2H3,(H,14,15). The van der Waals surface area contributed by atoms with Gasteiger partial charge in [-0.15, -0.1) is 0 Å². The largest absolute Gasteiger partial charge is 0.338 e. The summed E-state index contributed by atoms with van der Waals surface area (Å²) in [5.74, 6) is 1.04. The third-order valence-electron chi connectivity index (χ3n) is 3.32. The van der Waals surface area contributed by atoms with E-state index < -0.39 is 0 Å². The second-order valence-electron chi connectivity index (χ2n) is 4.37. The van der Waals surface area contributed by atoms with E-state index in [1.165, 1.54) is 18.5 Å². The topological polar surface area (TPSA) is 44.0 Å². The molecule has 2 rings (SSSR count). The first-order valence-corrected chi connectivity index (χ1v) is 6.36. The molecule has 0 bridgehead atoms. The van der Waals surface area contributed by atoms with Gasteiger partial charge < -0.3 is 15.2 Å². The van der Waals surface area contributed by atoms with Gasteiger partial charge in [-0.2, -0.15) is 0 Å². The summed E-state index contributed by atoms with van der Waals surface area (Å²) in [7, 11) is 0. The fourth-order valence-corrected chi connectivity index (χ4v) is 2.35. The molecule has 0 spiro atoms. The SMILES string of the molecule is CCc1cnc(N(CC)C2CCCNC2)[nH]1. The van der Waals surface area contributed by atoms with Crippen LogP contribution in [0.25, 0.3) is 0 Å². The highest BCUT2D eigenvalue weighted by molar-refractivity contribution is 5.33. The predicted octanol–water partition coefficient (Wildman–Crippen LogP) is 1.55. The zero-order chi connectivity index (χ0) is 11.4. The van der Waals surface area contributed by atoms with Crippen LogP contribution in [0.4, 0.5) is 5.95 Å². The van der Waals surface area contributed by atoms with Crippen LogP contribution in [0.5, 0.6) is 0 Å². The Morgan fingerprint density at radius 2 is 2.38 bits per heavy atom. The van der Waals surface area contributed by atoms with E-state index in [4.69, 9.17) is 0 Å². The maximum absolute atomic E-state index is 4.48. The van der Waals surface area contributed by atoms with Crippen molar-refractivity contribution in [2.24, 2.45) is 0 Å². The molecule has 0 aromatic carbocycles. The first-order chi connectivity index (χ1) is 7.85. The smallest absolute Gasteiger partial charge is 0.203 e. The van der Waals surface area contributed by atoms with E-state index in [9.17, 15) is 0 Å². The molecule has 1 fully saturated rings. The van der Waals surface area contributed by atoms with Crippen LogP contribution in [-0.2, 0) is 6.42 Å². The lowest BCUT2D eigenvalue weighted by atomic mass is 10.1. The summed E-state index contributed by atoms with van der Waals surface area (Å²) in [6.45, 7) is 7.60. The molecule has 1 atom stereocenters. The van der Waals surface area contributed by atoms with E-state index in [-0.39, 0.29) is 0 Å². The zero-order valence-electron chi connectivity index (χ0n) is 10.3. The summed E-state index contributed by atoms with van der Waals surface area (Å²) in [6, 6.07) is 0.592. The Labute approximate surface area is 97.4 Å². The van der Waals surface area contributed by atoms with Crippen LogP contribution in [0.1, 0.15) is 32.4 Å². The fourth-order valence-electron chi connectivity index (χ4n) is 2.35. The number of nitrogens with zero attached hydrogens (tertiary/aromatic N) is 2. The number of aromatic nitrogens is 2. The summed E-state index contributed by atoms with van der Waals surface area (Å²) in [5.41, 5.74) is 1.22. The first kappa shape index (κ1) is 11.5. The van der Waals surface area contributed by atoms with Gasteiger partial charge in [0.1, 0.15) is 0 Å². The molecule has 1 aromatic heterocycles. The molecule has 1 saturated heterocycles. The lowest BCUT2D eigenvalue weighted by Gasteiger charge is -2.33. The Balaban J connectivity index is 2.08. The number of likely N-dealkylation sites (N-methyl/N-ethyl adjacent to an activating group) is 1. The number of aromatic amines is 1. The quantitative estimate of drug-likeness (QED) is 0.812. The van der Waals surface area contributed by atoms with E-state index in [0.717, 1.165) is 32.0 Å². The van der Waals surface area contributed by atoms with Gasteiger partial charge in [0, 0.05) is 24.8 Å². The molecule has 2 N–H and O–H groups in total. The number of hydrogen-bond acceptors (Lipinski definition) is 3. The average molecular weight is 222 g/mol. The minimum Gasteiger partial charge on any atom is -0.338 e. The van der Waals surface area contributed by atoms with Crippen molar-refractivity contribution in [2.75, 3.05) is 24.5 Å². The van der Waals surface area contributed by atoms with Gasteiger partial charge in [0.15, 0.2) is 0 Å². The second kappa shape index (κ2) is 5.34. The number of nitrogens with one attached hydrogen (secondary N) is 2. The molecule has 0 amide bonds. The molecule has 4 heteroatoms. The van der Waals surface area contributed by atoms with E-state index in [1.54, 1.807) is 0 Å². The molecule has 1 aromatic rings. The van der Waals surface area contributed by atoms with E-state index in [1.807, 2.05) is 6.20 Å². The van der Waals surface area contributed by atoms with Crippen molar-refractivity contribution in [1.82, 2.24) is 15.3 Å². The van der Waals surface area contributed by atoms with Crippen molar-refractivity contribution in [3.8, 4) is 0 Å². The summed E-state index contributed by atoms with van der Waals surface area (Å²) >= 11 is 0. The number of rotatable bonds is 4. The minimum atomic E-state index is 0.592. The normalized spacial score (nSPS) is 21.0. The fraction of sp³-hybridized carbons (Fsp3) is 0.750. The van der Waals surface area contributed by atoms with Crippen LogP contribution in [0.3, 0.4) is 0 Å². The zero-order valence-corrected chi connectivity index (χ0v) is 10.3. The lowest BCUT2D eigenvalue weighted by molar-refractivity contribution is 0.431. The molecule has 16 heavy (non-hydrogen) atoms. The van der Waals surface area contributed by atoms with E-state index in [2.05, 4.69) is 34.0 Å². The number of imidazole rings is 1. The Bertz CT molecular complexity index is 315. The maximum atomic E-state index is 4.48. The van der Waals surface area contributed by atoms with Crippen LogP contribution in [0.2, 0.25) is 0 Å². The Morgan fingerprint density at radius 3 is 2.94 bits per heavy atom. The molecule has 4 nitrogen and oxygen atoms in total. The molecule has 0 saturated carbocycles. The van der Waals surface area contributed by atoms with Gasteiger partial charge in [0.05, 0.1) is 6.20 Å². The van der Waals surface area contributed by atoms with Gasteiger partial charge in [0.2, 0.25) is 5.95 Å². The minimum absolute atomic E-state index is 0.592. The third kappa shape index (κ3) is 2.38. The van der Waals surface area contributed by atoms with Crippen LogP contribution in [0, 0.1) is 0 Å². The average Bonchev–Trinajstić information content (AvgIpc) is 2.80. The number of aryl methyl sites for hydroxylation is 1. The highest BCUT2D eigenvalue weighted by atomic mass is 15.3. The molecule has 1 aliphatic rings. The first-order valence-electron chi connectivity index (χ1n) is 6.36. The third-order valence-corrected chi connectivity index (χ3v) is 3.32. The van der Waals surface area contributed by atoms with Crippen LogP contribution < -0.4 is 10.2 Å². The van der Waals surface area contributed by atoms with Crippen molar-refractivity contribution in [1.29, 1.82) is 0 Å². The van der Waals surface area contributed by atoms with Gasteiger partial charge in [-0.1, -0.05) is 6.92 Å². The number of hydrogen-bond donors (Lipinski definition) is 2. The van der Waals surface area contributed by atoms with Crippen molar-refractivity contribution >= 4 is 5.95 Å².